The number of H-pyrrole nitrogens is 1. The van der Waals surface area contributed by atoms with Crippen LogP contribution in [0.5, 0.6) is 5.75 Å². The Morgan fingerprint density at radius 3 is 2.71 bits per heavy atom. The lowest BCUT2D eigenvalue weighted by molar-refractivity contribution is -0.112. The SMILES string of the molecule is NC(=O)C(=Cc1c[nH]c2ncccc12)c1ccc(O)cc1. The van der Waals surface area contributed by atoms with E-state index in [2.05, 4.69) is 9.97 Å². The number of aromatic nitrogens is 2. The molecular formula is C16H13N3O2. The molecule has 0 aliphatic rings. The molecule has 0 unspecified atom stereocenters. The van der Waals surface area contributed by atoms with Gasteiger partial charge < -0.3 is 15.8 Å². The van der Waals surface area contributed by atoms with E-state index in [1.165, 1.54) is 12.1 Å². The summed E-state index contributed by atoms with van der Waals surface area (Å²) in [6, 6.07) is 10.1. The second-order valence-corrected chi connectivity index (χ2v) is 4.61. The minimum Gasteiger partial charge on any atom is -0.508 e. The molecule has 1 aromatic carbocycles. The summed E-state index contributed by atoms with van der Waals surface area (Å²) in [7, 11) is 0. The van der Waals surface area contributed by atoms with Crippen LogP contribution in [0.15, 0.2) is 48.8 Å². The third-order valence-corrected chi connectivity index (χ3v) is 3.23. The highest BCUT2D eigenvalue weighted by atomic mass is 16.3. The number of primary amides is 1. The molecule has 0 spiro atoms. The minimum absolute atomic E-state index is 0.138. The topological polar surface area (TPSA) is 92.0 Å². The molecular weight excluding hydrogens is 266 g/mol. The van der Waals surface area contributed by atoms with E-state index in [1.807, 2.05) is 12.1 Å². The summed E-state index contributed by atoms with van der Waals surface area (Å²) in [5.41, 5.74) is 8.08. The Bertz CT molecular complexity index is 832. The molecule has 0 atom stereocenters. The average Bonchev–Trinajstić information content (AvgIpc) is 2.89. The second-order valence-electron chi connectivity index (χ2n) is 4.61. The van der Waals surface area contributed by atoms with E-state index in [0.29, 0.717) is 11.1 Å². The molecule has 0 aliphatic carbocycles. The third kappa shape index (κ3) is 2.49. The van der Waals surface area contributed by atoms with E-state index < -0.39 is 5.91 Å². The van der Waals surface area contributed by atoms with Gasteiger partial charge in [-0.25, -0.2) is 4.98 Å². The molecule has 0 fully saturated rings. The zero-order valence-electron chi connectivity index (χ0n) is 11.1. The molecule has 2 heterocycles. The summed E-state index contributed by atoms with van der Waals surface area (Å²) in [5.74, 6) is -0.391. The predicted molar refractivity (Wildman–Crippen MR) is 81.3 cm³/mol. The largest absolute Gasteiger partial charge is 0.508 e. The van der Waals surface area contributed by atoms with Gasteiger partial charge in [-0.2, -0.15) is 0 Å². The van der Waals surface area contributed by atoms with E-state index in [4.69, 9.17) is 5.73 Å². The number of phenolic OH excluding ortho intramolecular Hbond substituents is 1. The van der Waals surface area contributed by atoms with Crippen molar-refractivity contribution >= 4 is 28.6 Å². The number of nitrogens with zero attached hydrogens (tertiary/aromatic N) is 1. The summed E-state index contributed by atoms with van der Waals surface area (Å²) in [6.07, 6.45) is 5.19. The molecule has 0 saturated carbocycles. The first-order valence-electron chi connectivity index (χ1n) is 6.38. The van der Waals surface area contributed by atoms with Gasteiger partial charge in [-0.15, -0.1) is 0 Å². The van der Waals surface area contributed by atoms with Gasteiger partial charge in [0.25, 0.3) is 0 Å². The summed E-state index contributed by atoms with van der Waals surface area (Å²) in [6.45, 7) is 0. The molecule has 3 aromatic rings. The minimum atomic E-state index is -0.529. The first kappa shape index (κ1) is 12.9. The van der Waals surface area contributed by atoms with Crippen molar-refractivity contribution in [2.75, 3.05) is 0 Å². The second kappa shape index (κ2) is 5.13. The summed E-state index contributed by atoms with van der Waals surface area (Å²) >= 11 is 0. The number of amides is 1. The molecule has 5 nitrogen and oxygen atoms in total. The number of carbonyl (C=O) groups excluding carboxylic acids is 1. The molecule has 0 bridgehead atoms. The number of phenols is 1. The van der Waals surface area contributed by atoms with Crippen molar-refractivity contribution in [3.63, 3.8) is 0 Å². The van der Waals surface area contributed by atoms with Gasteiger partial charge in [-0.3, -0.25) is 4.79 Å². The Balaban J connectivity index is 2.13. The zero-order valence-corrected chi connectivity index (χ0v) is 11.1. The van der Waals surface area contributed by atoms with Crippen LogP contribution in [0.3, 0.4) is 0 Å². The van der Waals surface area contributed by atoms with Gasteiger partial charge >= 0.3 is 0 Å². The first-order valence-corrected chi connectivity index (χ1v) is 6.38. The van der Waals surface area contributed by atoms with Gasteiger partial charge in [0.1, 0.15) is 11.4 Å². The van der Waals surface area contributed by atoms with E-state index >= 15 is 0 Å². The van der Waals surface area contributed by atoms with Crippen molar-refractivity contribution in [1.29, 1.82) is 0 Å². The zero-order chi connectivity index (χ0) is 14.8. The fourth-order valence-corrected chi connectivity index (χ4v) is 2.19. The Hall–Kier alpha value is -3.08. The van der Waals surface area contributed by atoms with Gasteiger partial charge in [0.05, 0.1) is 0 Å². The fourth-order valence-electron chi connectivity index (χ4n) is 2.19. The molecule has 2 aromatic heterocycles. The van der Waals surface area contributed by atoms with Crippen LogP contribution >= 0.6 is 0 Å². The fraction of sp³-hybridized carbons (Fsp3) is 0. The van der Waals surface area contributed by atoms with Gasteiger partial charge in [-0.05, 0) is 35.9 Å². The molecule has 0 saturated heterocycles. The summed E-state index contributed by atoms with van der Waals surface area (Å²) in [4.78, 5) is 19.0. The number of carbonyl (C=O) groups is 1. The van der Waals surface area contributed by atoms with Crippen molar-refractivity contribution < 1.29 is 9.90 Å². The van der Waals surface area contributed by atoms with E-state index in [9.17, 15) is 9.90 Å². The van der Waals surface area contributed by atoms with Crippen LogP contribution in [0.2, 0.25) is 0 Å². The number of nitrogens with one attached hydrogen (secondary N) is 1. The highest BCUT2D eigenvalue weighted by Gasteiger charge is 2.10. The first-order chi connectivity index (χ1) is 10.1. The lowest BCUT2D eigenvalue weighted by Gasteiger charge is -2.04. The molecule has 0 radical (unpaired) electrons. The van der Waals surface area contributed by atoms with Crippen LogP contribution in [0, 0.1) is 0 Å². The summed E-state index contributed by atoms with van der Waals surface area (Å²) < 4.78 is 0. The van der Waals surface area contributed by atoms with E-state index in [0.717, 1.165) is 16.6 Å². The number of rotatable bonds is 3. The highest BCUT2D eigenvalue weighted by Crippen LogP contribution is 2.24. The van der Waals surface area contributed by atoms with Crippen molar-refractivity contribution in [2.45, 2.75) is 0 Å². The molecule has 1 amide bonds. The lowest BCUT2D eigenvalue weighted by Crippen LogP contribution is -2.12. The third-order valence-electron chi connectivity index (χ3n) is 3.23. The van der Waals surface area contributed by atoms with Crippen molar-refractivity contribution in [3.05, 3.63) is 59.9 Å². The van der Waals surface area contributed by atoms with Crippen LogP contribution in [0.1, 0.15) is 11.1 Å². The molecule has 4 N–H and O–H groups in total. The normalized spacial score (nSPS) is 11.7. The van der Waals surface area contributed by atoms with E-state index in [1.54, 1.807) is 30.6 Å². The van der Waals surface area contributed by atoms with Crippen LogP contribution < -0.4 is 5.73 Å². The van der Waals surface area contributed by atoms with Crippen LogP contribution in [-0.2, 0) is 4.79 Å². The standard InChI is InChI=1S/C16H13N3O2/c17-15(21)14(10-3-5-12(20)6-4-10)8-11-9-19-16-13(11)2-1-7-18-16/h1-9,20H,(H2,17,21)(H,18,19). The summed E-state index contributed by atoms with van der Waals surface area (Å²) in [5, 5.41) is 10.2. The van der Waals surface area contributed by atoms with Crippen LogP contribution in [-0.4, -0.2) is 21.0 Å². The Labute approximate surface area is 120 Å². The molecule has 5 heteroatoms. The maximum Gasteiger partial charge on any atom is 0.249 e. The number of aromatic amines is 1. The Kier molecular flexibility index (Phi) is 3.16. The van der Waals surface area contributed by atoms with Gasteiger partial charge in [0, 0.05) is 28.9 Å². The van der Waals surface area contributed by atoms with Crippen LogP contribution in [0.25, 0.3) is 22.7 Å². The van der Waals surface area contributed by atoms with Gasteiger partial charge in [-0.1, -0.05) is 12.1 Å². The number of pyridine rings is 1. The van der Waals surface area contributed by atoms with Crippen LogP contribution in [0.4, 0.5) is 0 Å². The predicted octanol–water partition coefficient (Wildman–Crippen LogP) is 2.29. The van der Waals surface area contributed by atoms with Gasteiger partial charge in [0.2, 0.25) is 5.91 Å². The maximum atomic E-state index is 11.7. The number of nitrogens with two attached hydrogens (primary N) is 1. The van der Waals surface area contributed by atoms with Gasteiger partial charge in [0.15, 0.2) is 0 Å². The monoisotopic (exact) mass is 279 g/mol. The van der Waals surface area contributed by atoms with Crippen molar-refractivity contribution in [3.8, 4) is 5.75 Å². The van der Waals surface area contributed by atoms with E-state index in [-0.39, 0.29) is 5.75 Å². The number of hydrogen-bond donors (Lipinski definition) is 3. The molecule has 0 aliphatic heterocycles. The Morgan fingerprint density at radius 2 is 2.00 bits per heavy atom. The average molecular weight is 279 g/mol. The lowest BCUT2D eigenvalue weighted by atomic mass is 10.0. The highest BCUT2D eigenvalue weighted by molar-refractivity contribution is 6.24. The maximum absolute atomic E-state index is 11.7. The van der Waals surface area contributed by atoms with Crippen molar-refractivity contribution in [2.24, 2.45) is 5.73 Å². The van der Waals surface area contributed by atoms with Crippen molar-refractivity contribution in [1.82, 2.24) is 9.97 Å². The number of fused-ring (bicyclic) bond motifs is 1. The smallest absolute Gasteiger partial charge is 0.249 e. The molecule has 3 rings (SSSR count). The number of aromatic hydroxyl groups is 1. The number of hydrogen-bond acceptors (Lipinski definition) is 3. The number of benzene rings is 1. The molecule has 21 heavy (non-hydrogen) atoms. The quantitative estimate of drug-likeness (QED) is 0.642. The molecule has 104 valence electrons. The Morgan fingerprint density at radius 1 is 1.24 bits per heavy atom.